The van der Waals surface area contributed by atoms with Crippen molar-refractivity contribution in [2.45, 2.75) is 12.5 Å². The zero-order valence-electron chi connectivity index (χ0n) is 10.2. The molecule has 4 nitrogen and oxygen atoms in total. The van der Waals surface area contributed by atoms with E-state index < -0.39 is 5.82 Å². The van der Waals surface area contributed by atoms with E-state index in [-0.39, 0.29) is 24.0 Å². The molecule has 1 unspecified atom stereocenters. The third kappa shape index (κ3) is 2.86. The Hall–Kier alpha value is -1.46. The number of nitrogens with one attached hydrogen (secondary N) is 1. The van der Waals surface area contributed by atoms with Crippen LogP contribution in [0.4, 0.5) is 4.39 Å². The highest BCUT2D eigenvalue weighted by Crippen LogP contribution is 2.20. The lowest BCUT2D eigenvalue weighted by Crippen LogP contribution is -2.47. The summed E-state index contributed by atoms with van der Waals surface area (Å²) in [5.74, 6) is -0.375. The highest BCUT2D eigenvalue weighted by Gasteiger charge is 2.22. The van der Waals surface area contributed by atoms with Crippen molar-refractivity contribution in [2.24, 2.45) is 0 Å². The van der Waals surface area contributed by atoms with Crippen LogP contribution in [0.5, 0.6) is 5.75 Å². The van der Waals surface area contributed by atoms with Gasteiger partial charge in [-0.25, -0.2) is 4.39 Å². The average molecular weight is 253 g/mol. The van der Waals surface area contributed by atoms with E-state index >= 15 is 0 Å². The fourth-order valence-corrected chi connectivity index (χ4v) is 1.93. The first kappa shape index (κ1) is 13.0. The van der Waals surface area contributed by atoms with Gasteiger partial charge in [-0.2, -0.15) is 0 Å². The smallest absolute Gasteiger partial charge is 0.168 e. The molecule has 1 atom stereocenters. The van der Waals surface area contributed by atoms with Crippen molar-refractivity contribution in [1.29, 1.82) is 0 Å². The molecule has 1 aromatic carbocycles. The number of Topliss-reactive ketones (excluding diaryl/α,β-unsaturated/α-hetero) is 1. The van der Waals surface area contributed by atoms with E-state index in [9.17, 15) is 9.18 Å². The molecule has 1 saturated heterocycles. The van der Waals surface area contributed by atoms with Crippen LogP contribution < -0.4 is 10.1 Å². The van der Waals surface area contributed by atoms with Crippen molar-refractivity contribution in [1.82, 2.24) is 5.32 Å². The molecule has 0 spiro atoms. The number of carbonyl (C=O) groups excluding carboxylic acids is 1. The Morgan fingerprint density at radius 3 is 3.11 bits per heavy atom. The highest BCUT2D eigenvalue weighted by atomic mass is 19.1. The monoisotopic (exact) mass is 253 g/mol. The average Bonchev–Trinajstić information content (AvgIpc) is 2.42. The van der Waals surface area contributed by atoms with Gasteiger partial charge in [-0.3, -0.25) is 4.79 Å². The van der Waals surface area contributed by atoms with Gasteiger partial charge in [-0.1, -0.05) is 12.1 Å². The first-order chi connectivity index (χ1) is 8.72. The number of methoxy groups -OCH3 is 1. The fraction of sp³-hybridized carbons (Fsp3) is 0.462. The van der Waals surface area contributed by atoms with Crippen molar-refractivity contribution >= 4 is 5.78 Å². The molecule has 1 fully saturated rings. The summed E-state index contributed by atoms with van der Waals surface area (Å²) in [6.07, 6.45) is 0.0457. The predicted octanol–water partition coefficient (Wildman–Crippen LogP) is 0.934. The van der Waals surface area contributed by atoms with Crippen LogP contribution in [0.1, 0.15) is 5.56 Å². The maximum absolute atomic E-state index is 13.9. The second kappa shape index (κ2) is 5.93. The minimum atomic E-state index is -0.468. The van der Waals surface area contributed by atoms with Crippen LogP contribution in [0, 0.1) is 5.82 Å². The summed E-state index contributed by atoms with van der Waals surface area (Å²) in [6.45, 7) is 1.61. The summed E-state index contributed by atoms with van der Waals surface area (Å²) in [5, 5.41) is 3.06. The quantitative estimate of drug-likeness (QED) is 0.867. The molecule has 0 aliphatic carbocycles. The van der Waals surface area contributed by atoms with Gasteiger partial charge in [0.2, 0.25) is 0 Å². The number of rotatable bonds is 4. The molecule has 1 aliphatic rings. The lowest BCUT2D eigenvalue weighted by molar-refractivity contribution is -0.123. The molecule has 5 heteroatoms. The zero-order chi connectivity index (χ0) is 13.0. The van der Waals surface area contributed by atoms with Crippen molar-refractivity contribution < 1.29 is 18.7 Å². The molecule has 0 radical (unpaired) electrons. The van der Waals surface area contributed by atoms with E-state index in [1.165, 1.54) is 13.2 Å². The first-order valence-corrected chi connectivity index (χ1v) is 5.87. The summed E-state index contributed by atoms with van der Waals surface area (Å²) in [6, 6.07) is 4.46. The minimum absolute atomic E-state index is 0.0457. The van der Waals surface area contributed by atoms with Crippen molar-refractivity contribution in [2.75, 3.05) is 26.9 Å². The fourth-order valence-electron chi connectivity index (χ4n) is 1.93. The van der Waals surface area contributed by atoms with E-state index in [0.717, 1.165) is 0 Å². The third-order valence-electron chi connectivity index (χ3n) is 2.94. The van der Waals surface area contributed by atoms with Gasteiger partial charge in [0.1, 0.15) is 0 Å². The van der Waals surface area contributed by atoms with Crippen LogP contribution in [0.15, 0.2) is 18.2 Å². The number of halogens is 1. The molecule has 2 rings (SSSR count). The topological polar surface area (TPSA) is 47.6 Å². The lowest BCUT2D eigenvalue weighted by atomic mass is 10.0. The van der Waals surface area contributed by atoms with Crippen LogP contribution >= 0.6 is 0 Å². The van der Waals surface area contributed by atoms with Gasteiger partial charge in [0.05, 0.1) is 26.4 Å². The Morgan fingerprint density at radius 2 is 2.44 bits per heavy atom. The molecule has 0 saturated carbocycles. The van der Waals surface area contributed by atoms with Crippen molar-refractivity contribution in [3.8, 4) is 5.75 Å². The minimum Gasteiger partial charge on any atom is -0.494 e. The number of hydrogen-bond donors (Lipinski definition) is 1. The first-order valence-electron chi connectivity index (χ1n) is 5.87. The molecule has 0 aromatic heterocycles. The Labute approximate surface area is 105 Å². The van der Waals surface area contributed by atoms with Crippen molar-refractivity contribution in [3.05, 3.63) is 29.6 Å². The molecule has 1 aromatic rings. The summed E-state index contributed by atoms with van der Waals surface area (Å²) in [5.41, 5.74) is 0.353. The van der Waals surface area contributed by atoms with E-state index in [1.54, 1.807) is 12.1 Å². The molecule has 98 valence electrons. The summed E-state index contributed by atoms with van der Waals surface area (Å²) in [4.78, 5) is 12.0. The third-order valence-corrected chi connectivity index (χ3v) is 2.94. The largest absolute Gasteiger partial charge is 0.494 e. The number of ether oxygens (including phenoxy) is 2. The number of benzene rings is 1. The maximum atomic E-state index is 13.9. The summed E-state index contributed by atoms with van der Waals surface area (Å²) in [7, 11) is 1.40. The standard InChI is InChI=1S/C13H16FNO3/c1-17-12-4-2-3-9(13(12)14)7-11(16)10-8-18-6-5-15-10/h2-4,10,15H,5-8H2,1H3. The number of hydrogen-bond acceptors (Lipinski definition) is 4. The van der Waals surface area contributed by atoms with Gasteiger partial charge in [0.25, 0.3) is 0 Å². The van der Waals surface area contributed by atoms with E-state index in [2.05, 4.69) is 5.32 Å². The highest BCUT2D eigenvalue weighted by molar-refractivity contribution is 5.86. The summed E-state index contributed by atoms with van der Waals surface area (Å²) < 4.78 is 24.0. The van der Waals surface area contributed by atoms with Crippen LogP contribution in [-0.2, 0) is 16.0 Å². The second-order valence-electron chi connectivity index (χ2n) is 4.16. The van der Waals surface area contributed by atoms with Gasteiger partial charge >= 0.3 is 0 Å². The SMILES string of the molecule is COc1cccc(CC(=O)C2COCCN2)c1F. The molecule has 18 heavy (non-hydrogen) atoms. The Kier molecular flexibility index (Phi) is 4.28. The van der Waals surface area contributed by atoms with Gasteiger partial charge in [-0.05, 0) is 11.6 Å². The summed E-state index contributed by atoms with van der Waals surface area (Å²) >= 11 is 0. The number of ketones is 1. The van der Waals surface area contributed by atoms with Crippen LogP contribution in [0.3, 0.4) is 0 Å². The van der Waals surface area contributed by atoms with Gasteiger partial charge in [0.15, 0.2) is 17.3 Å². The van der Waals surface area contributed by atoms with Crippen LogP contribution in [-0.4, -0.2) is 38.7 Å². The molecule has 0 amide bonds. The van der Waals surface area contributed by atoms with E-state index in [1.807, 2.05) is 0 Å². The molecule has 1 heterocycles. The van der Waals surface area contributed by atoms with Gasteiger partial charge < -0.3 is 14.8 Å². The Morgan fingerprint density at radius 1 is 1.61 bits per heavy atom. The lowest BCUT2D eigenvalue weighted by Gasteiger charge is -2.22. The molecule has 1 aliphatic heterocycles. The Balaban J connectivity index is 2.06. The Bertz CT molecular complexity index is 430. The molecular formula is C13H16FNO3. The number of carbonyl (C=O) groups is 1. The van der Waals surface area contributed by atoms with E-state index in [4.69, 9.17) is 9.47 Å². The normalized spacial score (nSPS) is 19.6. The van der Waals surface area contributed by atoms with Crippen LogP contribution in [0.25, 0.3) is 0 Å². The van der Waals surface area contributed by atoms with Crippen molar-refractivity contribution in [3.63, 3.8) is 0 Å². The second-order valence-corrected chi connectivity index (χ2v) is 4.16. The van der Waals surface area contributed by atoms with Gasteiger partial charge in [-0.15, -0.1) is 0 Å². The molecule has 1 N–H and O–H groups in total. The zero-order valence-corrected chi connectivity index (χ0v) is 10.2. The van der Waals surface area contributed by atoms with Gasteiger partial charge in [0, 0.05) is 13.0 Å². The van der Waals surface area contributed by atoms with Crippen LogP contribution in [0.2, 0.25) is 0 Å². The molecular weight excluding hydrogens is 237 g/mol. The number of morpholine rings is 1. The van der Waals surface area contributed by atoms with E-state index in [0.29, 0.717) is 25.3 Å². The maximum Gasteiger partial charge on any atom is 0.168 e. The predicted molar refractivity (Wildman–Crippen MR) is 64.3 cm³/mol. The molecule has 0 bridgehead atoms.